The number of ether oxygens (including phenoxy) is 1. The van der Waals surface area contributed by atoms with Gasteiger partial charge in [0.2, 0.25) is 11.8 Å². The monoisotopic (exact) mass is 453 g/mol. The number of carbonyl (C=O) groups excluding carboxylic acids is 2. The van der Waals surface area contributed by atoms with Crippen LogP contribution in [0.1, 0.15) is 26.2 Å². The SMILES string of the molecule is CCC(=O)Nc1cccc(NC(=S)NC(=O)CCCOc2ccc(Cl)cc2Cl)c1. The van der Waals surface area contributed by atoms with E-state index in [0.29, 0.717) is 46.6 Å². The maximum Gasteiger partial charge on any atom is 0.226 e. The van der Waals surface area contributed by atoms with Crippen molar-refractivity contribution in [3.8, 4) is 5.75 Å². The topological polar surface area (TPSA) is 79.5 Å². The van der Waals surface area contributed by atoms with E-state index in [2.05, 4.69) is 16.0 Å². The highest BCUT2D eigenvalue weighted by Crippen LogP contribution is 2.27. The highest BCUT2D eigenvalue weighted by Gasteiger charge is 2.07. The Bertz CT molecular complexity index is 893. The first kappa shape index (κ1) is 22.9. The first-order valence-corrected chi connectivity index (χ1v) is 10.1. The molecule has 0 fully saturated rings. The third kappa shape index (κ3) is 8.27. The number of rotatable bonds is 8. The summed E-state index contributed by atoms with van der Waals surface area (Å²) in [5.41, 5.74) is 1.30. The number of amides is 2. The minimum Gasteiger partial charge on any atom is -0.492 e. The van der Waals surface area contributed by atoms with Gasteiger partial charge in [0.25, 0.3) is 0 Å². The molecule has 3 N–H and O–H groups in total. The lowest BCUT2D eigenvalue weighted by atomic mass is 10.2. The molecule has 2 rings (SSSR count). The maximum absolute atomic E-state index is 12.0. The number of hydrogen-bond acceptors (Lipinski definition) is 4. The Labute approximate surface area is 184 Å². The smallest absolute Gasteiger partial charge is 0.226 e. The zero-order valence-electron chi connectivity index (χ0n) is 15.8. The number of benzene rings is 2. The zero-order chi connectivity index (χ0) is 21.2. The summed E-state index contributed by atoms with van der Waals surface area (Å²) in [6, 6.07) is 12.0. The Hall–Kier alpha value is -2.35. The number of thiocarbonyl (C=S) groups is 1. The van der Waals surface area contributed by atoms with Gasteiger partial charge in [0.15, 0.2) is 5.11 Å². The van der Waals surface area contributed by atoms with Crippen LogP contribution >= 0.6 is 35.4 Å². The Morgan fingerprint density at radius 1 is 1.03 bits per heavy atom. The fourth-order valence-electron chi connectivity index (χ4n) is 2.28. The molecule has 2 aromatic rings. The molecule has 0 heterocycles. The van der Waals surface area contributed by atoms with Gasteiger partial charge in [-0.3, -0.25) is 9.59 Å². The molecule has 0 aliphatic heterocycles. The van der Waals surface area contributed by atoms with Crippen molar-refractivity contribution in [2.24, 2.45) is 0 Å². The fourth-order valence-corrected chi connectivity index (χ4v) is 2.98. The fraction of sp³-hybridized carbons (Fsp3) is 0.250. The number of anilines is 2. The second kappa shape index (κ2) is 11.6. The van der Waals surface area contributed by atoms with Gasteiger partial charge in [-0.25, -0.2) is 0 Å². The standard InChI is InChI=1S/C20H21Cl2N3O3S/c1-2-18(26)23-14-5-3-6-15(12-14)24-20(29)25-19(27)7-4-10-28-17-9-8-13(21)11-16(17)22/h3,5-6,8-9,11-12H,2,4,7,10H2,1H3,(H,23,26)(H2,24,25,27,29). The van der Waals surface area contributed by atoms with Crippen LogP contribution in [0, 0.1) is 0 Å². The Balaban J connectivity index is 1.73. The summed E-state index contributed by atoms with van der Waals surface area (Å²) in [4.78, 5) is 23.5. The van der Waals surface area contributed by atoms with Crippen LogP contribution in [-0.2, 0) is 9.59 Å². The molecule has 0 aliphatic rings. The Morgan fingerprint density at radius 3 is 2.45 bits per heavy atom. The number of carbonyl (C=O) groups is 2. The molecule has 0 saturated carbocycles. The lowest BCUT2D eigenvalue weighted by molar-refractivity contribution is -0.120. The summed E-state index contributed by atoms with van der Waals surface area (Å²) in [5, 5.41) is 9.42. The van der Waals surface area contributed by atoms with Crippen LogP contribution in [0.2, 0.25) is 10.0 Å². The highest BCUT2D eigenvalue weighted by molar-refractivity contribution is 7.80. The average molecular weight is 454 g/mol. The van der Waals surface area contributed by atoms with Crippen molar-refractivity contribution in [2.45, 2.75) is 26.2 Å². The van der Waals surface area contributed by atoms with E-state index in [1.54, 1.807) is 49.4 Å². The predicted octanol–water partition coefficient (Wildman–Crippen LogP) is 5.01. The molecule has 0 unspecified atom stereocenters. The summed E-state index contributed by atoms with van der Waals surface area (Å²) in [6.45, 7) is 2.10. The van der Waals surface area contributed by atoms with E-state index in [1.165, 1.54) is 0 Å². The molecule has 0 aromatic heterocycles. The van der Waals surface area contributed by atoms with Crippen LogP contribution < -0.4 is 20.7 Å². The van der Waals surface area contributed by atoms with E-state index in [9.17, 15) is 9.59 Å². The van der Waals surface area contributed by atoms with Crippen molar-refractivity contribution in [1.82, 2.24) is 5.32 Å². The summed E-state index contributed by atoms with van der Waals surface area (Å²) in [6.07, 6.45) is 1.12. The van der Waals surface area contributed by atoms with Gasteiger partial charge in [0.05, 0.1) is 11.6 Å². The number of halogens is 2. The minimum atomic E-state index is -0.233. The van der Waals surface area contributed by atoms with Gasteiger partial charge in [-0.15, -0.1) is 0 Å². The molecule has 29 heavy (non-hydrogen) atoms. The van der Waals surface area contributed by atoms with Crippen LogP contribution in [0.15, 0.2) is 42.5 Å². The van der Waals surface area contributed by atoms with Gasteiger partial charge in [-0.2, -0.15) is 0 Å². The van der Waals surface area contributed by atoms with Gasteiger partial charge in [-0.05, 0) is 55.0 Å². The molecular formula is C20H21Cl2N3O3S. The summed E-state index contributed by atoms with van der Waals surface area (Å²) < 4.78 is 5.54. The first-order valence-electron chi connectivity index (χ1n) is 8.96. The molecule has 0 aliphatic carbocycles. The number of hydrogen-bond donors (Lipinski definition) is 3. The second-order valence-corrected chi connectivity index (χ2v) is 7.26. The van der Waals surface area contributed by atoms with Crippen molar-refractivity contribution in [3.63, 3.8) is 0 Å². The van der Waals surface area contributed by atoms with Gasteiger partial charge in [0, 0.05) is 29.2 Å². The number of nitrogens with one attached hydrogen (secondary N) is 3. The van der Waals surface area contributed by atoms with Crippen LogP contribution in [0.3, 0.4) is 0 Å². The Morgan fingerprint density at radius 2 is 1.76 bits per heavy atom. The van der Waals surface area contributed by atoms with E-state index in [0.717, 1.165) is 0 Å². The highest BCUT2D eigenvalue weighted by atomic mass is 35.5. The molecule has 0 bridgehead atoms. The lowest BCUT2D eigenvalue weighted by Crippen LogP contribution is -2.34. The van der Waals surface area contributed by atoms with Crippen LogP contribution in [0.4, 0.5) is 11.4 Å². The predicted molar refractivity (Wildman–Crippen MR) is 121 cm³/mol. The first-order chi connectivity index (χ1) is 13.9. The quantitative estimate of drug-likeness (QED) is 0.386. The molecule has 9 heteroatoms. The van der Waals surface area contributed by atoms with E-state index in [4.69, 9.17) is 40.2 Å². The van der Waals surface area contributed by atoms with Crippen molar-refractivity contribution in [2.75, 3.05) is 17.2 Å². The largest absolute Gasteiger partial charge is 0.492 e. The second-order valence-electron chi connectivity index (χ2n) is 6.01. The molecule has 0 spiro atoms. The van der Waals surface area contributed by atoms with Crippen LogP contribution in [-0.4, -0.2) is 23.5 Å². The molecule has 0 radical (unpaired) electrons. The van der Waals surface area contributed by atoms with Gasteiger partial charge in [-0.1, -0.05) is 36.2 Å². The van der Waals surface area contributed by atoms with Gasteiger partial charge in [0.1, 0.15) is 5.75 Å². The van der Waals surface area contributed by atoms with Crippen molar-refractivity contribution in [1.29, 1.82) is 0 Å². The molecular weight excluding hydrogens is 433 g/mol. The molecule has 0 atom stereocenters. The molecule has 2 aromatic carbocycles. The molecule has 0 saturated heterocycles. The molecule has 2 amide bonds. The summed E-state index contributed by atoms with van der Waals surface area (Å²) in [7, 11) is 0. The third-order valence-corrected chi connectivity index (χ3v) is 4.41. The maximum atomic E-state index is 12.0. The zero-order valence-corrected chi connectivity index (χ0v) is 18.1. The summed E-state index contributed by atoms with van der Waals surface area (Å²) in [5.74, 6) is 0.201. The van der Waals surface area contributed by atoms with Crippen molar-refractivity contribution < 1.29 is 14.3 Å². The molecule has 154 valence electrons. The normalized spacial score (nSPS) is 10.2. The van der Waals surface area contributed by atoms with Gasteiger partial charge >= 0.3 is 0 Å². The van der Waals surface area contributed by atoms with Crippen LogP contribution in [0.25, 0.3) is 0 Å². The van der Waals surface area contributed by atoms with Crippen molar-refractivity contribution >= 4 is 63.7 Å². The van der Waals surface area contributed by atoms with E-state index >= 15 is 0 Å². The average Bonchev–Trinajstić information content (AvgIpc) is 2.66. The Kier molecular flexibility index (Phi) is 9.18. The summed E-state index contributed by atoms with van der Waals surface area (Å²) >= 11 is 17.0. The lowest BCUT2D eigenvalue weighted by Gasteiger charge is -2.11. The third-order valence-electron chi connectivity index (χ3n) is 3.68. The molecule has 6 nitrogen and oxygen atoms in total. The van der Waals surface area contributed by atoms with E-state index < -0.39 is 0 Å². The van der Waals surface area contributed by atoms with Crippen LogP contribution in [0.5, 0.6) is 5.75 Å². The van der Waals surface area contributed by atoms with Gasteiger partial charge < -0.3 is 20.7 Å². The van der Waals surface area contributed by atoms with E-state index in [1.807, 2.05) is 0 Å². The minimum absolute atomic E-state index is 0.0832. The van der Waals surface area contributed by atoms with E-state index in [-0.39, 0.29) is 23.3 Å². The van der Waals surface area contributed by atoms with Crippen molar-refractivity contribution in [3.05, 3.63) is 52.5 Å².